The lowest BCUT2D eigenvalue weighted by Crippen LogP contribution is -2.13. The van der Waals surface area contributed by atoms with Crippen LogP contribution in [0.15, 0.2) is 23.7 Å². The van der Waals surface area contributed by atoms with Crippen molar-refractivity contribution in [2.24, 2.45) is 0 Å². The second-order valence-electron chi connectivity index (χ2n) is 3.53. The number of rotatable bonds is 2. The molecule has 3 rings (SSSR count). The number of fused-ring (bicyclic) bond motifs is 1. The van der Waals surface area contributed by atoms with Gasteiger partial charge in [0.2, 0.25) is 11.8 Å². The van der Waals surface area contributed by atoms with Gasteiger partial charge in [0.05, 0.1) is 15.7 Å². The third-order valence-electron chi connectivity index (χ3n) is 2.31. The van der Waals surface area contributed by atoms with Crippen molar-refractivity contribution in [1.82, 2.24) is 20.2 Å². The molecule has 18 heavy (non-hydrogen) atoms. The van der Waals surface area contributed by atoms with E-state index in [4.69, 9.17) is 5.73 Å². The van der Waals surface area contributed by atoms with Crippen LogP contribution in [0.2, 0.25) is 0 Å². The molecule has 0 bridgehead atoms. The lowest BCUT2D eigenvalue weighted by Gasteiger charge is -2.02. The Balaban J connectivity index is 1.85. The van der Waals surface area contributed by atoms with Crippen molar-refractivity contribution >= 4 is 39.1 Å². The first-order chi connectivity index (χ1) is 8.72. The molecule has 1 amide bonds. The van der Waals surface area contributed by atoms with Crippen LogP contribution in [-0.4, -0.2) is 26.1 Å². The first-order valence-corrected chi connectivity index (χ1v) is 5.93. The number of benzene rings is 1. The lowest BCUT2D eigenvalue weighted by molar-refractivity contribution is 0.101. The predicted molar refractivity (Wildman–Crippen MR) is 68.4 cm³/mol. The summed E-state index contributed by atoms with van der Waals surface area (Å²) >= 11 is 1.51. The van der Waals surface area contributed by atoms with Gasteiger partial charge in [0.15, 0.2) is 0 Å². The zero-order valence-electron chi connectivity index (χ0n) is 9.04. The molecule has 3 aromatic rings. The highest BCUT2D eigenvalue weighted by molar-refractivity contribution is 7.16. The first kappa shape index (κ1) is 10.7. The second kappa shape index (κ2) is 4.08. The Labute approximate surface area is 105 Å². The molecule has 90 valence electrons. The number of hydrogen-bond acceptors (Lipinski definition) is 6. The third kappa shape index (κ3) is 1.89. The van der Waals surface area contributed by atoms with E-state index in [0.717, 1.165) is 10.2 Å². The molecule has 8 heteroatoms. The van der Waals surface area contributed by atoms with Crippen LogP contribution in [0, 0.1) is 0 Å². The molecular formula is C10H8N6OS. The molecule has 0 radical (unpaired) electrons. The van der Waals surface area contributed by atoms with Gasteiger partial charge in [0, 0.05) is 5.69 Å². The maximum Gasteiger partial charge on any atom is 0.293 e. The Morgan fingerprint density at radius 3 is 3.11 bits per heavy atom. The Hall–Kier alpha value is -2.48. The molecule has 0 aliphatic heterocycles. The minimum Gasteiger partial charge on any atom is -0.366 e. The van der Waals surface area contributed by atoms with Crippen LogP contribution in [0.1, 0.15) is 10.6 Å². The van der Waals surface area contributed by atoms with E-state index in [1.54, 1.807) is 11.6 Å². The quantitative estimate of drug-likeness (QED) is 0.642. The zero-order valence-corrected chi connectivity index (χ0v) is 9.86. The van der Waals surface area contributed by atoms with Crippen molar-refractivity contribution in [3.05, 3.63) is 29.5 Å². The topological polar surface area (TPSA) is 110 Å². The maximum absolute atomic E-state index is 11.8. The molecule has 0 saturated carbocycles. The summed E-state index contributed by atoms with van der Waals surface area (Å²) in [6.45, 7) is 0. The third-order valence-corrected chi connectivity index (χ3v) is 3.10. The Morgan fingerprint density at radius 2 is 2.33 bits per heavy atom. The molecule has 0 spiro atoms. The van der Waals surface area contributed by atoms with Gasteiger partial charge in [-0.2, -0.15) is 4.98 Å². The van der Waals surface area contributed by atoms with Crippen LogP contribution in [0.4, 0.5) is 11.6 Å². The summed E-state index contributed by atoms with van der Waals surface area (Å²) < 4.78 is 1.00. The van der Waals surface area contributed by atoms with E-state index in [2.05, 4.69) is 25.5 Å². The molecule has 1 aromatic carbocycles. The number of amides is 1. The molecular weight excluding hydrogens is 252 g/mol. The normalized spacial score (nSPS) is 10.7. The Kier molecular flexibility index (Phi) is 2.41. The van der Waals surface area contributed by atoms with Crippen LogP contribution in [0.3, 0.4) is 0 Å². The van der Waals surface area contributed by atoms with Gasteiger partial charge >= 0.3 is 0 Å². The van der Waals surface area contributed by atoms with Crippen molar-refractivity contribution in [1.29, 1.82) is 0 Å². The maximum atomic E-state index is 11.8. The molecule has 0 aliphatic rings. The van der Waals surface area contributed by atoms with Gasteiger partial charge in [0.25, 0.3) is 5.91 Å². The van der Waals surface area contributed by atoms with Crippen molar-refractivity contribution in [2.75, 3.05) is 11.1 Å². The number of carbonyl (C=O) groups is 1. The van der Waals surface area contributed by atoms with Gasteiger partial charge in [-0.05, 0) is 18.2 Å². The Morgan fingerprint density at radius 1 is 1.44 bits per heavy atom. The average molecular weight is 260 g/mol. The van der Waals surface area contributed by atoms with E-state index in [1.807, 2.05) is 12.1 Å². The second-order valence-corrected chi connectivity index (χ2v) is 4.42. The number of aromatic amines is 1. The van der Waals surface area contributed by atoms with E-state index in [0.29, 0.717) is 5.69 Å². The summed E-state index contributed by atoms with van der Waals surface area (Å²) in [6, 6.07) is 5.47. The van der Waals surface area contributed by atoms with Gasteiger partial charge in [0.1, 0.15) is 0 Å². The standard InChI is InChI=1S/C10H8N6OS/c11-10-14-8(15-16-10)9(17)13-5-1-2-6-7(3-5)18-4-12-6/h1-4H,(H,13,17)(H3,11,14,15,16). The lowest BCUT2D eigenvalue weighted by atomic mass is 10.3. The van der Waals surface area contributed by atoms with E-state index in [-0.39, 0.29) is 17.7 Å². The van der Waals surface area contributed by atoms with Gasteiger partial charge in [-0.25, -0.2) is 4.98 Å². The van der Waals surface area contributed by atoms with Crippen LogP contribution in [0.25, 0.3) is 10.2 Å². The predicted octanol–water partition coefficient (Wildman–Crippen LogP) is 1.25. The Bertz CT molecular complexity index is 718. The average Bonchev–Trinajstić information content (AvgIpc) is 2.96. The number of nitrogens with one attached hydrogen (secondary N) is 2. The van der Waals surface area contributed by atoms with Gasteiger partial charge in [-0.3, -0.25) is 9.89 Å². The number of aromatic nitrogens is 4. The number of hydrogen-bond donors (Lipinski definition) is 3. The van der Waals surface area contributed by atoms with E-state index in [9.17, 15) is 4.79 Å². The smallest absolute Gasteiger partial charge is 0.293 e. The summed E-state index contributed by atoms with van der Waals surface area (Å²) in [5.41, 5.74) is 8.67. The summed E-state index contributed by atoms with van der Waals surface area (Å²) in [5.74, 6) is -0.266. The SMILES string of the molecule is Nc1n[nH]c(C(=O)Nc2ccc3ncsc3c2)n1. The molecule has 7 nitrogen and oxygen atoms in total. The molecule has 0 unspecified atom stereocenters. The van der Waals surface area contributed by atoms with Crippen LogP contribution in [-0.2, 0) is 0 Å². The van der Waals surface area contributed by atoms with Crippen LogP contribution in [0.5, 0.6) is 0 Å². The van der Waals surface area contributed by atoms with Crippen molar-refractivity contribution in [3.8, 4) is 0 Å². The molecule has 0 saturated heterocycles. The molecule has 0 aliphatic carbocycles. The van der Waals surface area contributed by atoms with Gasteiger partial charge in [-0.15, -0.1) is 16.4 Å². The molecule has 4 N–H and O–H groups in total. The molecule has 2 aromatic heterocycles. The summed E-state index contributed by atoms with van der Waals surface area (Å²) in [4.78, 5) is 19.7. The van der Waals surface area contributed by atoms with Crippen LogP contribution >= 0.6 is 11.3 Å². The fourth-order valence-corrected chi connectivity index (χ4v) is 2.22. The number of anilines is 2. The molecule has 2 heterocycles. The molecule has 0 fully saturated rings. The summed E-state index contributed by atoms with van der Waals surface area (Å²) in [5, 5.41) is 8.75. The highest BCUT2D eigenvalue weighted by Gasteiger charge is 2.11. The largest absolute Gasteiger partial charge is 0.366 e. The van der Waals surface area contributed by atoms with E-state index < -0.39 is 0 Å². The van der Waals surface area contributed by atoms with E-state index in [1.165, 1.54) is 11.3 Å². The summed E-state index contributed by atoms with van der Waals surface area (Å²) in [6.07, 6.45) is 0. The number of H-pyrrole nitrogens is 1. The van der Waals surface area contributed by atoms with Gasteiger partial charge in [-0.1, -0.05) is 0 Å². The number of nitrogens with zero attached hydrogens (tertiary/aromatic N) is 3. The number of carbonyl (C=O) groups excluding carboxylic acids is 1. The van der Waals surface area contributed by atoms with Crippen molar-refractivity contribution < 1.29 is 4.79 Å². The fourth-order valence-electron chi connectivity index (χ4n) is 1.50. The van der Waals surface area contributed by atoms with Crippen molar-refractivity contribution in [2.45, 2.75) is 0 Å². The minimum atomic E-state index is -0.386. The molecule has 0 atom stereocenters. The first-order valence-electron chi connectivity index (χ1n) is 5.05. The summed E-state index contributed by atoms with van der Waals surface area (Å²) in [7, 11) is 0. The van der Waals surface area contributed by atoms with Crippen LogP contribution < -0.4 is 11.1 Å². The minimum absolute atomic E-state index is 0.0399. The van der Waals surface area contributed by atoms with E-state index >= 15 is 0 Å². The van der Waals surface area contributed by atoms with Crippen molar-refractivity contribution in [3.63, 3.8) is 0 Å². The van der Waals surface area contributed by atoms with Gasteiger partial charge < -0.3 is 11.1 Å². The number of thiazole rings is 1. The fraction of sp³-hybridized carbons (Fsp3) is 0. The number of nitrogens with two attached hydrogens (primary N) is 1. The highest BCUT2D eigenvalue weighted by Crippen LogP contribution is 2.21. The monoisotopic (exact) mass is 260 g/mol. The number of nitrogen functional groups attached to an aromatic ring is 1. The highest BCUT2D eigenvalue weighted by atomic mass is 32.1. The zero-order chi connectivity index (χ0) is 12.5.